The minimum absolute atomic E-state index is 0.748. The van der Waals surface area contributed by atoms with Crippen molar-refractivity contribution in [3.63, 3.8) is 0 Å². The van der Waals surface area contributed by atoms with Crippen molar-refractivity contribution in [2.24, 2.45) is 0 Å². The highest BCUT2D eigenvalue weighted by Gasteiger charge is 2.30. The highest BCUT2D eigenvalue weighted by atomic mass is 79.9. The van der Waals surface area contributed by atoms with Crippen LogP contribution < -0.4 is 0 Å². The van der Waals surface area contributed by atoms with Crippen molar-refractivity contribution in [3.05, 3.63) is 56.3 Å². The molecule has 0 atom stereocenters. The van der Waals surface area contributed by atoms with Gasteiger partial charge in [-0.2, -0.15) is 5.26 Å². The second kappa shape index (κ2) is 5.59. The zero-order chi connectivity index (χ0) is 18.8. The molecule has 0 unspecified atom stereocenters. The van der Waals surface area contributed by atoms with Crippen LogP contribution in [0, 0.1) is 59.0 Å². The fourth-order valence-electron chi connectivity index (χ4n) is 2.65. The van der Waals surface area contributed by atoms with E-state index in [0.717, 1.165) is 6.92 Å². The van der Waals surface area contributed by atoms with Crippen molar-refractivity contribution in [2.45, 2.75) is 6.92 Å². The maximum absolute atomic E-state index is 14.4. The maximum Gasteiger partial charge on any atom is 0.198 e. The number of rotatable bonds is 0. The number of hydrogen-bond donors (Lipinski definition) is 0. The molecule has 1 nitrogen and oxygen atoms in total. The third-order valence-corrected chi connectivity index (χ3v) is 4.65. The molecule has 0 aliphatic heterocycles. The first-order valence-corrected chi connectivity index (χ1v) is 7.28. The van der Waals surface area contributed by atoms with Gasteiger partial charge in [0.2, 0.25) is 0 Å². The lowest BCUT2D eigenvalue weighted by molar-refractivity contribution is 0.418. The van der Waals surface area contributed by atoms with Crippen LogP contribution in [-0.2, 0) is 0 Å². The van der Waals surface area contributed by atoms with Gasteiger partial charge in [0, 0.05) is 31.6 Å². The van der Waals surface area contributed by atoms with Gasteiger partial charge in [-0.15, -0.1) is 0 Å². The fraction of sp³-hybridized carbons (Fsp3) is 0.0625. The number of benzene rings is 3. The summed E-state index contributed by atoms with van der Waals surface area (Å²) in [5, 5.41) is 5.31. The number of nitriles is 1. The molecule has 0 saturated carbocycles. The van der Waals surface area contributed by atoms with E-state index in [9.17, 15) is 36.0 Å². The molecule has 3 rings (SSSR count). The van der Waals surface area contributed by atoms with Gasteiger partial charge in [0.15, 0.2) is 34.9 Å². The Morgan fingerprint density at radius 2 is 1.04 bits per heavy atom. The molecule has 0 radical (unpaired) electrons. The second-order valence-electron chi connectivity index (χ2n) is 5.12. The van der Waals surface area contributed by atoms with E-state index < -0.39 is 77.9 Å². The van der Waals surface area contributed by atoms with Crippen molar-refractivity contribution in [1.29, 1.82) is 5.26 Å². The first-order valence-electron chi connectivity index (χ1n) is 6.49. The molecular formula is C16H3BrF7N. The van der Waals surface area contributed by atoms with Gasteiger partial charge in [-0.1, -0.05) is 0 Å². The summed E-state index contributed by atoms with van der Waals surface area (Å²) < 4.78 is 97.2. The number of halogens is 8. The monoisotopic (exact) mass is 421 g/mol. The number of nitrogens with zero attached hydrogens (tertiary/aromatic N) is 1. The number of fused-ring (bicyclic) bond motifs is 2. The average molecular weight is 422 g/mol. The lowest BCUT2D eigenvalue weighted by Gasteiger charge is -2.15. The predicted octanol–water partition coefficient (Wildman–Crippen LogP) is 5.91. The van der Waals surface area contributed by atoms with Crippen molar-refractivity contribution in [2.75, 3.05) is 0 Å². The summed E-state index contributed by atoms with van der Waals surface area (Å²) in [6.45, 7) is 0.870. The second-order valence-corrected chi connectivity index (χ2v) is 5.92. The molecule has 0 aliphatic rings. The summed E-state index contributed by atoms with van der Waals surface area (Å²) >= 11 is 2.65. The van der Waals surface area contributed by atoms with Crippen LogP contribution in [0.4, 0.5) is 30.7 Å². The van der Waals surface area contributed by atoms with Crippen molar-refractivity contribution >= 4 is 37.5 Å². The Balaban J connectivity index is 2.88. The zero-order valence-corrected chi connectivity index (χ0v) is 13.6. The van der Waals surface area contributed by atoms with Crippen LogP contribution >= 0.6 is 15.9 Å². The summed E-state index contributed by atoms with van der Waals surface area (Å²) in [7, 11) is 0. The Bertz CT molecular complexity index is 1070. The summed E-state index contributed by atoms with van der Waals surface area (Å²) in [4.78, 5) is 0. The standard InChI is InChI=1S/C16H3BrF7N/c1-3-10(18)5-4(2-25)6-8(9(17)7(5)13(21)11(3)19)14(22)16(24)15(23)12(6)20/h1H3. The third kappa shape index (κ3) is 2.07. The molecule has 0 bridgehead atoms. The van der Waals surface area contributed by atoms with E-state index in [1.807, 2.05) is 0 Å². The summed E-state index contributed by atoms with van der Waals surface area (Å²) in [6.07, 6.45) is 0. The minimum atomic E-state index is -2.22. The lowest BCUT2D eigenvalue weighted by Crippen LogP contribution is -2.05. The Labute approximate surface area is 143 Å². The van der Waals surface area contributed by atoms with Crippen LogP contribution in [0.25, 0.3) is 21.5 Å². The quantitative estimate of drug-likeness (QED) is 0.191. The van der Waals surface area contributed by atoms with Crippen molar-refractivity contribution < 1.29 is 30.7 Å². The Hall–Kier alpha value is -2.34. The van der Waals surface area contributed by atoms with Crippen molar-refractivity contribution in [1.82, 2.24) is 0 Å². The van der Waals surface area contributed by atoms with Gasteiger partial charge in [0.25, 0.3) is 0 Å². The van der Waals surface area contributed by atoms with Crippen LogP contribution in [0.5, 0.6) is 0 Å². The van der Waals surface area contributed by atoms with Crippen LogP contribution in [0.15, 0.2) is 4.47 Å². The van der Waals surface area contributed by atoms with Gasteiger partial charge in [0.05, 0.1) is 5.56 Å². The topological polar surface area (TPSA) is 23.8 Å². The third-order valence-electron chi connectivity index (χ3n) is 3.86. The van der Waals surface area contributed by atoms with Gasteiger partial charge in [-0.25, -0.2) is 30.7 Å². The lowest BCUT2D eigenvalue weighted by atomic mass is 9.94. The van der Waals surface area contributed by atoms with Crippen LogP contribution in [-0.4, -0.2) is 0 Å². The van der Waals surface area contributed by atoms with E-state index in [1.54, 1.807) is 0 Å². The molecule has 0 saturated heterocycles. The van der Waals surface area contributed by atoms with E-state index in [4.69, 9.17) is 0 Å². The van der Waals surface area contributed by atoms with Gasteiger partial charge >= 0.3 is 0 Å². The molecule has 0 aliphatic carbocycles. The van der Waals surface area contributed by atoms with E-state index >= 15 is 0 Å². The van der Waals surface area contributed by atoms with E-state index in [-0.39, 0.29) is 0 Å². The molecule has 9 heteroatoms. The molecule has 25 heavy (non-hydrogen) atoms. The first-order chi connectivity index (χ1) is 11.6. The van der Waals surface area contributed by atoms with Crippen LogP contribution in [0.3, 0.4) is 0 Å². The Morgan fingerprint density at radius 1 is 0.640 bits per heavy atom. The van der Waals surface area contributed by atoms with Crippen molar-refractivity contribution in [3.8, 4) is 6.07 Å². The highest BCUT2D eigenvalue weighted by molar-refractivity contribution is 9.10. The summed E-state index contributed by atoms with van der Waals surface area (Å²) in [6, 6.07) is 1.32. The van der Waals surface area contributed by atoms with Gasteiger partial charge in [-0.05, 0) is 22.9 Å². The van der Waals surface area contributed by atoms with Gasteiger partial charge in [0.1, 0.15) is 11.9 Å². The molecule has 0 aromatic heterocycles. The maximum atomic E-state index is 14.4. The largest absolute Gasteiger partial charge is 0.206 e. The zero-order valence-electron chi connectivity index (χ0n) is 12.0. The molecule has 0 amide bonds. The van der Waals surface area contributed by atoms with E-state index in [2.05, 4.69) is 15.9 Å². The first kappa shape index (κ1) is 17.5. The Morgan fingerprint density at radius 3 is 1.52 bits per heavy atom. The number of hydrogen-bond acceptors (Lipinski definition) is 1. The minimum Gasteiger partial charge on any atom is -0.206 e. The Kier molecular flexibility index (Phi) is 3.91. The van der Waals surface area contributed by atoms with Crippen LogP contribution in [0.2, 0.25) is 0 Å². The SMILES string of the molecule is Cc1c(F)c(F)c2c(Br)c3c(F)c(F)c(F)c(F)c3c(C#N)c2c1F. The van der Waals surface area contributed by atoms with Crippen LogP contribution in [0.1, 0.15) is 11.1 Å². The fourth-order valence-corrected chi connectivity index (χ4v) is 3.40. The molecule has 3 aromatic carbocycles. The normalized spacial score (nSPS) is 11.4. The van der Waals surface area contributed by atoms with Gasteiger partial charge in [-0.3, -0.25) is 0 Å². The molecular weight excluding hydrogens is 419 g/mol. The highest BCUT2D eigenvalue weighted by Crippen LogP contribution is 2.43. The molecule has 0 fully saturated rings. The molecule has 3 aromatic rings. The van der Waals surface area contributed by atoms with E-state index in [0.29, 0.717) is 0 Å². The molecule has 0 N–H and O–H groups in total. The molecule has 0 heterocycles. The van der Waals surface area contributed by atoms with E-state index in [1.165, 1.54) is 6.07 Å². The molecule has 0 spiro atoms. The average Bonchev–Trinajstić information content (AvgIpc) is 2.59. The predicted molar refractivity (Wildman–Crippen MR) is 78.3 cm³/mol. The summed E-state index contributed by atoms with van der Waals surface area (Å²) in [5.41, 5.74) is -1.79. The van der Waals surface area contributed by atoms with Gasteiger partial charge < -0.3 is 0 Å². The summed E-state index contributed by atoms with van der Waals surface area (Å²) in [5.74, 6) is -13.0. The smallest absolute Gasteiger partial charge is 0.198 e. The molecule has 128 valence electrons.